The van der Waals surface area contributed by atoms with Crippen LogP contribution in [0.3, 0.4) is 0 Å². The Balaban J connectivity index is 1.60. The average molecular weight is 402 g/mol. The number of carbonyl (C=O) groups excluding carboxylic acids is 2. The zero-order chi connectivity index (χ0) is 21.5. The third-order valence-electron chi connectivity index (χ3n) is 5.13. The number of ketones is 1. The lowest BCUT2D eigenvalue weighted by Gasteiger charge is -2.16. The predicted octanol–water partition coefficient (Wildman–Crippen LogP) is 4.51. The smallest absolute Gasteiger partial charge is 0.222 e. The summed E-state index contributed by atoms with van der Waals surface area (Å²) in [5.74, 6) is 0.722. The first kappa shape index (κ1) is 21.2. The van der Waals surface area contributed by atoms with E-state index >= 15 is 0 Å². The minimum atomic E-state index is 0.109. The Kier molecular flexibility index (Phi) is 6.96. The molecule has 0 unspecified atom stereocenters. The Morgan fingerprint density at radius 3 is 2.07 bits per heavy atom. The topological polar surface area (TPSA) is 76.3 Å². The zero-order valence-electron chi connectivity index (χ0n) is 17.5. The highest BCUT2D eigenvalue weighted by atomic mass is 16.2. The van der Waals surface area contributed by atoms with Crippen molar-refractivity contribution in [2.75, 3.05) is 12.8 Å². The highest BCUT2D eigenvalue weighted by Gasteiger charge is 2.09. The van der Waals surface area contributed by atoms with Gasteiger partial charge in [0.25, 0.3) is 0 Å². The number of rotatable bonds is 8. The van der Waals surface area contributed by atoms with Gasteiger partial charge in [0.15, 0.2) is 5.78 Å². The van der Waals surface area contributed by atoms with Gasteiger partial charge in [0.2, 0.25) is 5.91 Å². The summed E-state index contributed by atoms with van der Waals surface area (Å²) in [4.78, 5) is 30.0. The molecule has 0 saturated carbocycles. The van der Waals surface area contributed by atoms with Gasteiger partial charge < -0.3 is 10.6 Å². The van der Waals surface area contributed by atoms with Gasteiger partial charge in [-0.1, -0.05) is 61.5 Å². The number of hydrogen-bond donors (Lipinski definition) is 1. The lowest BCUT2D eigenvalue weighted by molar-refractivity contribution is -0.130. The van der Waals surface area contributed by atoms with E-state index in [1.165, 1.54) is 0 Å². The molecule has 1 heterocycles. The summed E-state index contributed by atoms with van der Waals surface area (Å²) in [5, 5.41) is 0. The van der Waals surface area contributed by atoms with Crippen LogP contribution in [-0.4, -0.2) is 28.6 Å². The summed E-state index contributed by atoms with van der Waals surface area (Å²) >= 11 is 0. The number of anilines is 1. The minimum absolute atomic E-state index is 0.109. The van der Waals surface area contributed by atoms with Crippen LogP contribution >= 0.6 is 0 Å². The Morgan fingerprint density at radius 2 is 1.50 bits per heavy atom. The molecule has 0 saturated heterocycles. The molecule has 2 N–H and O–H groups in total. The van der Waals surface area contributed by atoms with E-state index in [1.54, 1.807) is 17.2 Å². The van der Waals surface area contributed by atoms with E-state index in [9.17, 15) is 9.59 Å². The third-order valence-corrected chi connectivity index (χ3v) is 5.13. The molecule has 1 aromatic heterocycles. The largest absolute Gasteiger partial charge is 0.384 e. The maximum atomic E-state index is 12.5. The molecular weight excluding hydrogens is 374 g/mol. The van der Waals surface area contributed by atoms with Crippen molar-refractivity contribution in [2.24, 2.45) is 0 Å². The van der Waals surface area contributed by atoms with Crippen LogP contribution in [0.4, 0.5) is 5.82 Å². The molecular formula is C25H27N3O2. The predicted molar refractivity (Wildman–Crippen MR) is 120 cm³/mol. The first-order chi connectivity index (χ1) is 14.5. The van der Waals surface area contributed by atoms with E-state index < -0.39 is 0 Å². The van der Waals surface area contributed by atoms with Gasteiger partial charge >= 0.3 is 0 Å². The lowest BCUT2D eigenvalue weighted by Crippen LogP contribution is -2.25. The molecule has 0 radical (unpaired) electrons. The fraction of sp³-hybridized carbons (Fsp3) is 0.240. The van der Waals surface area contributed by atoms with Gasteiger partial charge in [-0.2, -0.15) is 0 Å². The number of nitrogens with two attached hydrogens (primary N) is 1. The number of aromatic nitrogens is 1. The number of aryl methyl sites for hydroxylation is 1. The molecule has 5 heteroatoms. The number of amides is 1. The number of carbonyl (C=O) groups is 2. The molecule has 30 heavy (non-hydrogen) atoms. The molecule has 0 atom stereocenters. The van der Waals surface area contributed by atoms with Crippen LogP contribution in [0.5, 0.6) is 0 Å². The molecule has 3 aromatic rings. The van der Waals surface area contributed by atoms with Gasteiger partial charge in [-0.25, -0.2) is 4.98 Å². The maximum Gasteiger partial charge on any atom is 0.222 e. The maximum absolute atomic E-state index is 12.5. The van der Waals surface area contributed by atoms with Crippen LogP contribution in [0, 0.1) is 0 Å². The zero-order valence-corrected chi connectivity index (χ0v) is 17.5. The fourth-order valence-electron chi connectivity index (χ4n) is 3.27. The van der Waals surface area contributed by atoms with Gasteiger partial charge in [0.1, 0.15) is 5.82 Å². The van der Waals surface area contributed by atoms with Gasteiger partial charge in [0, 0.05) is 38.2 Å². The van der Waals surface area contributed by atoms with Gasteiger partial charge in [-0.05, 0) is 34.7 Å². The summed E-state index contributed by atoms with van der Waals surface area (Å²) in [5.41, 5.74) is 10.5. The van der Waals surface area contributed by atoms with E-state index in [4.69, 9.17) is 5.73 Å². The Hall–Kier alpha value is -3.47. The number of nitrogens with zero attached hydrogens (tertiary/aromatic N) is 2. The van der Waals surface area contributed by atoms with E-state index in [0.29, 0.717) is 37.2 Å². The average Bonchev–Trinajstić information content (AvgIpc) is 2.78. The second-order valence-electron chi connectivity index (χ2n) is 7.39. The molecule has 0 fully saturated rings. The summed E-state index contributed by atoms with van der Waals surface area (Å²) < 4.78 is 0. The van der Waals surface area contributed by atoms with E-state index in [0.717, 1.165) is 22.3 Å². The van der Waals surface area contributed by atoms with Crippen molar-refractivity contribution in [3.8, 4) is 11.1 Å². The van der Waals surface area contributed by atoms with Gasteiger partial charge in [0.05, 0.1) is 0 Å². The molecule has 1 amide bonds. The van der Waals surface area contributed by atoms with Crippen molar-refractivity contribution >= 4 is 17.5 Å². The molecule has 0 aliphatic heterocycles. The summed E-state index contributed by atoms with van der Waals surface area (Å²) in [7, 11) is 1.82. The van der Waals surface area contributed by atoms with Crippen molar-refractivity contribution in [2.45, 2.75) is 32.7 Å². The second kappa shape index (κ2) is 9.83. The van der Waals surface area contributed by atoms with Crippen molar-refractivity contribution in [3.63, 3.8) is 0 Å². The summed E-state index contributed by atoms with van der Waals surface area (Å²) in [6.07, 6.45) is 3.30. The van der Waals surface area contributed by atoms with E-state index in [-0.39, 0.29) is 11.7 Å². The highest BCUT2D eigenvalue weighted by Crippen LogP contribution is 2.21. The molecule has 0 spiro atoms. The van der Waals surface area contributed by atoms with Crippen LogP contribution in [0.2, 0.25) is 0 Å². The Bertz CT molecular complexity index is 994. The lowest BCUT2D eigenvalue weighted by atomic mass is 9.99. The highest BCUT2D eigenvalue weighted by molar-refractivity contribution is 5.96. The number of nitrogen functional groups attached to an aromatic ring is 1. The van der Waals surface area contributed by atoms with Crippen LogP contribution in [0.25, 0.3) is 11.1 Å². The standard InChI is InChI=1S/C25H27N3O2/c1-3-25(30)28(2)17-19-4-8-20(9-5-19)21-10-12-22(13-11-21)23(29)14-6-18-7-15-24(26)27-16-18/h4-5,7-13,15-16H,3,6,14,17H2,1-2H3,(H2,26,27). The molecule has 0 bridgehead atoms. The molecule has 5 nitrogen and oxygen atoms in total. The van der Waals surface area contributed by atoms with E-state index in [2.05, 4.69) is 4.98 Å². The van der Waals surface area contributed by atoms with Crippen LogP contribution in [0.15, 0.2) is 66.9 Å². The SMILES string of the molecule is CCC(=O)N(C)Cc1ccc(-c2ccc(C(=O)CCc3ccc(N)nc3)cc2)cc1. The molecule has 154 valence electrons. The molecule has 3 rings (SSSR count). The summed E-state index contributed by atoms with van der Waals surface area (Å²) in [6, 6.07) is 19.5. The minimum Gasteiger partial charge on any atom is -0.384 e. The Labute approximate surface area is 177 Å². The first-order valence-electron chi connectivity index (χ1n) is 10.1. The molecule has 0 aliphatic carbocycles. The molecule has 0 aliphatic rings. The van der Waals surface area contributed by atoms with E-state index in [1.807, 2.05) is 68.6 Å². The van der Waals surface area contributed by atoms with Crippen molar-refractivity contribution in [1.82, 2.24) is 9.88 Å². The van der Waals surface area contributed by atoms with Gasteiger partial charge in [-0.15, -0.1) is 0 Å². The normalized spacial score (nSPS) is 10.6. The third kappa shape index (κ3) is 5.54. The number of hydrogen-bond acceptors (Lipinski definition) is 4. The van der Waals surface area contributed by atoms with Crippen molar-refractivity contribution in [3.05, 3.63) is 83.6 Å². The van der Waals surface area contributed by atoms with Gasteiger partial charge in [-0.3, -0.25) is 9.59 Å². The molecule has 2 aromatic carbocycles. The fourth-order valence-corrected chi connectivity index (χ4v) is 3.27. The second-order valence-corrected chi connectivity index (χ2v) is 7.39. The number of Topliss-reactive ketones (excluding diaryl/α,β-unsaturated/α-hetero) is 1. The first-order valence-corrected chi connectivity index (χ1v) is 10.1. The number of pyridine rings is 1. The number of benzene rings is 2. The van der Waals surface area contributed by atoms with Crippen molar-refractivity contribution in [1.29, 1.82) is 0 Å². The summed E-state index contributed by atoms with van der Waals surface area (Å²) in [6.45, 7) is 2.47. The Morgan fingerprint density at radius 1 is 0.900 bits per heavy atom. The van der Waals surface area contributed by atoms with Crippen LogP contribution in [-0.2, 0) is 17.8 Å². The quantitative estimate of drug-likeness (QED) is 0.563. The van der Waals surface area contributed by atoms with Crippen LogP contribution in [0.1, 0.15) is 41.3 Å². The van der Waals surface area contributed by atoms with Crippen LogP contribution < -0.4 is 5.73 Å². The van der Waals surface area contributed by atoms with Crippen molar-refractivity contribution < 1.29 is 9.59 Å². The monoisotopic (exact) mass is 401 g/mol.